The standard InChI is InChI=1S/C27H23N3O2/c1-18-21(23-17-20(32-3)13-15-25(23)29(18)2)14-16-26-28-24-12-8-7-11-22(24)27(31)30(26)19-9-5-4-6-10-19/h4-17H,1-3H3. The van der Waals surface area contributed by atoms with Crippen LogP contribution in [0.3, 0.4) is 0 Å². The molecule has 0 bridgehead atoms. The van der Waals surface area contributed by atoms with Crippen molar-refractivity contribution in [3.8, 4) is 11.4 Å². The molecule has 2 heterocycles. The first kappa shape index (κ1) is 19.8. The summed E-state index contributed by atoms with van der Waals surface area (Å²) < 4.78 is 9.26. The van der Waals surface area contributed by atoms with E-state index in [1.165, 1.54) is 0 Å². The highest BCUT2D eigenvalue weighted by Gasteiger charge is 2.13. The number of fused-ring (bicyclic) bond motifs is 2. The molecule has 0 spiro atoms. The second-order valence-corrected chi connectivity index (χ2v) is 7.74. The molecule has 0 amide bonds. The number of aromatic nitrogens is 3. The zero-order valence-electron chi connectivity index (χ0n) is 18.2. The van der Waals surface area contributed by atoms with E-state index in [9.17, 15) is 4.79 Å². The Bertz CT molecular complexity index is 1540. The number of benzene rings is 3. The van der Waals surface area contributed by atoms with Crippen LogP contribution in [0.4, 0.5) is 0 Å². The van der Waals surface area contributed by atoms with Gasteiger partial charge in [0.2, 0.25) is 0 Å². The molecule has 5 rings (SSSR count). The first-order valence-electron chi connectivity index (χ1n) is 10.5. The molecule has 0 N–H and O–H groups in total. The molecule has 158 valence electrons. The van der Waals surface area contributed by atoms with E-state index >= 15 is 0 Å². The normalized spacial score (nSPS) is 11.6. The van der Waals surface area contributed by atoms with Crippen LogP contribution in [0.1, 0.15) is 17.1 Å². The number of aryl methyl sites for hydroxylation is 1. The molecule has 3 aromatic carbocycles. The van der Waals surface area contributed by atoms with Gasteiger partial charge in [0.15, 0.2) is 0 Å². The van der Waals surface area contributed by atoms with Crippen LogP contribution in [0.2, 0.25) is 0 Å². The van der Waals surface area contributed by atoms with Gasteiger partial charge in [-0.3, -0.25) is 9.36 Å². The summed E-state index contributed by atoms with van der Waals surface area (Å²) in [6.45, 7) is 2.09. The van der Waals surface area contributed by atoms with Gasteiger partial charge in [-0.15, -0.1) is 0 Å². The zero-order chi connectivity index (χ0) is 22.2. The van der Waals surface area contributed by atoms with Gasteiger partial charge in [-0.25, -0.2) is 4.98 Å². The van der Waals surface area contributed by atoms with Gasteiger partial charge in [0.25, 0.3) is 5.56 Å². The Hall–Kier alpha value is -4.12. The Morgan fingerprint density at radius 2 is 1.66 bits per heavy atom. The topological polar surface area (TPSA) is 49.0 Å². The molecular weight excluding hydrogens is 398 g/mol. The molecule has 0 aliphatic rings. The molecule has 0 saturated carbocycles. The van der Waals surface area contributed by atoms with Crippen molar-refractivity contribution in [1.82, 2.24) is 14.1 Å². The summed E-state index contributed by atoms with van der Waals surface area (Å²) in [6, 6.07) is 23.1. The van der Waals surface area contributed by atoms with E-state index in [-0.39, 0.29) is 5.56 Å². The monoisotopic (exact) mass is 421 g/mol. The van der Waals surface area contributed by atoms with E-state index in [4.69, 9.17) is 9.72 Å². The van der Waals surface area contributed by atoms with Crippen molar-refractivity contribution in [3.63, 3.8) is 0 Å². The number of methoxy groups -OCH3 is 1. The van der Waals surface area contributed by atoms with Gasteiger partial charge >= 0.3 is 0 Å². The van der Waals surface area contributed by atoms with Crippen LogP contribution < -0.4 is 10.3 Å². The summed E-state index contributed by atoms with van der Waals surface area (Å²) in [4.78, 5) is 18.2. The van der Waals surface area contributed by atoms with Crippen molar-refractivity contribution in [2.24, 2.45) is 7.05 Å². The fraction of sp³-hybridized carbons (Fsp3) is 0.111. The number of para-hydroxylation sites is 2. The molecule has 2 aromatic heterocycles. The number of hydrogen-bond donors (Lipinski definition) is 0. The summed E-state index contributed by atoms with van der Waals surface area (Å²) in [5.74, 6) is 1.39. The first-order valence-corrected chi connectivity index (χ1v) is 10.5. The Morgan fingerprint density at radius 1 is 0.906 bits per heavy atom. The molecule has 5 heteroatoms. The van der Waals surface area contributed by atoms with Crippen molar-refractivity contribution in [2.45, 2.75) is 6.92 Å². The summed E-state index contributed by atoms with van der Waals surface area (Å²) >= 11 is 0. The molecule has 0 radical (unpaired) electrons. The van der Waals surface area contributed by atoms with Gasteiger partial charge in [-0.2, -0.15) is 0 Å². The average molecular weight is 422 g/mol. The highest BCUT2D eigenvalue weighted by molar-refractivity contribution is 5.94. The van der Waals surface area contributed by atoms with Crippen LogP contribution >= 0.6 is 0 Å². The van der Waals surface area contributed by atoms with E-state index in [0.717, 1.165) is 33.6 Å². The lowest BCUT2D eigenvalue weighted by atomic mass is 10.1. The predicted molar refractivity (Wildman–Crippen MR) is 130 cm³/mol. The molecular formula is C27H23N3O2. The second kappa shape index (κ2) is 7.85. The zero-order valence-corrected chi connectivity index (χ0v) is 18.2. The van der Waals surface area contributed by atoms with Gasteiger partial charge in [0.1, 0.15) is 11.6 Å². The van der Waals surface area contributed by atoms with Crippen LogP contribution in [0, 0.1) is 6.92 Å². The van der Waals surface area contributed by atoms with Gasteiger partial charge < -0.3 is 9.30 Å². The maximum atomic E-state index is 13.4. The number of hydrogen-bond acceptors (Lipinski definition) is 3. The van der Waals surface area contributed by atoms with Crippen molar-refractivity contribution in [3.05, 3.63) is 100 Å². The smallest absolute Gasteiger partial charge is 0.266 e. The molecule has 0 unspecified atom stereocenters. The maximum Gasteiger partial charge on any atom is 0.266 e. The van der Waals surface area contributed by atoms with Crippen molar-refractivity contribution < 1.29 is 4.74 Å². The van der Waals surface area contributed by atoms with Crippen molar-refractivity contribution >= 4 is 34.0 Å². The van der Waals surface area contributed by atoms with E-state index in [0.29, 0.717) is 16.7 Å². The van der Waals surface area contributed by atoms with E-state index in [1.54, 1.807) is 11.7 Å². The molecule has 5 nitrogen and oxygen atoms in total. The third-order valence-electron chi connectivity index (χ3n) is 5.96. The van der Waals surface area contributed by atoms with Crippen LogP contribution in [-0.4, -0.2) is 21.2 Å². The molecule has 32 heavy (non-hydrogen) atoms. The molecule has 0 aliphatic carbocycles. The number of rotatable bonds is 4. The number of ether oxygens (including phenoxy) is 1. The van der Waals surface area contributed by atoms with Crippen LogP contribution in [0.5, 0.6) is 5.75 Å². The summed E-state index contributed by atoms with van der Waals surface area (Å²) in [7, 11) is 3.72. The average Bonchev–Trinajstić information content (AvgIpc) is 3.07. The van der Waals surface area contributed by atoms with Crippen LogP contribution in [-0.2, 0) is 7.05 Å². The minimum atomic E-state index is -0.0854. The molecule has 5 aromatic rings. The van der Waals surface area contributed by atoms with Crippen molar-refractivity contribution in [1.29, 1.82) is 0 Å². The van der Waals surface area contributed by atoms with Crippen LogP contribution in [0.25, 0.3) is 39.6 Å². The summed E-state index contributed by atoms with van der Waals surface area (Å²) in [5.41, 5.74) is 4.70. The molecule has 0 saturated heterocycles. The Morgan fingerprint density at radius 3 is 2.44 bits per heavy atom. The third kappa shape index (κ3) is 3.19. The SMILES string of the molecule is COc1ccc2c(c1)c(C=Cc1nc3ccccc3c(=O)n1-c1ccccc1)c(C)n2C. The summed E-state index contributed by atoms with van der Waals surface area (Å²) in [6.07, 6.45) is 3.95. The Kier molecular flexibility index (Phi) is 4.86. The fourth-order valence-corrected chi connectivity index (χ4v) is 4.16. The van der Waals surface area contributed by atoms with E-state index < -0.39 is 0 Å². The minimum Gasteiger partial charge on any atom is -0.497 e. The highest BCUT2D eigenvalue weighted by atomic mass is 16.5. The minimum absolute atomic E-state index is 0.0854. The van der Waals surface area contributed by atoms with Gasteiger partial charge in [-0.05, 0) is 61.5 Å². The predicted octanol–water partition coefficient (Wildman–Crippen LogP) is 5.36. The van der Waals surface area contributed by atoms with E-state index in [1.807, 2.05) is 78.9 Å². The van der Waals surface area contributed by atoms with Gasteiger partial charge in [0, 0.05) is 29.2 Å². The third-order valence-corrected chi connectivity index (χ3v) is 5.96. The van der Waals surface area contributed by atoms with E-state index in [2.05, 4.69) is 24.6 Å². The Balaban J connectivity index is 1.75. The number of nitrogens with zero attached hydrogens (tertiary/aromatic N) is 3. The quantitative estimate of drug-likeness (QED) is 0.392. The summed E-state index contributed by atoms with van der Waals surface area (Å²) in [5, 5.41) is 1.69. The maximum absolute atomic E-state index is 13.4. The van der Waals surface area contributed by atoms with Gasteiger partial charge in [-0.1, -0.05) is 30.3 Å². The highest BCUT2D eigenvalue weighted by Crippen LogP contribution is 2.30. The van der Waals surface area contributed by atoms with Crippen molar-refractivity contribution in [2.75, 3.05) is 7.11 Å². The molecule has 0 aliphatic heterocycles. The Labute approximate surface area is 185 Å². The largest absolute Gasteiger partial charge is 0.497 e. The fourth-order valence-electron chi connectivity index (χ4n) is 4.16. The lowest BCUT2D eigenvalue weighted by Crippen LogP contribution is -2.22. The molecule has 0 atom stereocenters. The van der Waals surface area contributed by atoms with Crippen LogP contribution in [0.15, 0.2) is 77.6 Å². The lowest BCUT2D eigenvalue weighted by molar-refractivity contribution is 0.415. The first-order chi connectivity index (χ1) is 15.6. The second-order valence-electron chi connectivity index (χ2n) is 7.74. The lowest BCUT2D eigenvalue weighted by Gasteiger charge is -2.11. The van der Waals surface area contributed by atoms with Gasteiger partial charge in [0.05, 0.1) is 23.7 Å². The molecule has 0 fully saturated rings.